The van der Waals surface area contributed by atoms with E-state index in [0.717, 1.165) is 13.0 Å². The van der Waals surface area contributed by atoms with Gasteiger partial charge in [-0.1, -0.05) is 58.8 Å². The fourth-order valence-corrected chi connectivity index (χ4v) is 1.61. The summed E-state index contributed by atoms with van der Waals surface area (Å²) in [5.41, 5.74) is 0. The molecule has 2 heteroatoms. The fraction of sp³-hybridized carbons (Fsp3) is 0.923. The molecule has 0 aliphatic rings. The van der Waals surface area contributed by atoms with Crippen molar-refractivity contribution in [3.63, 3.8) is 0 Å². The second kappa shape index (κ2) is 11.5. The minimum absolute atomic E-state index is 0.179. The van der Waals surface area contributed by atoms with Crippen molar-refractivity contribution in [1.82, 2.24) is 5.32 Å². The first kappa shape index (κ1) is 14.5. The number of amides is 1. The molecule has 1 amide bonds. The summed E-state index contributed by atoms with van der Waals surface area (Å²) in [5, 5.41) is 2.90. The van der Waals surface area contributed by atoms with Gasteiger partial charge in [0, 0.05) is 13.0 Å². The molecule has 0 aliphatic heterocycles. The SMILES string of the molecule is CCCCCCCCCCNC(=O)CC. The van der Waals surface area contributed by atoms with Gasteiger partial charge in [0.2, 0.25) is 5.91 Å². The third-order valence-electron chi connectivity index (χ3n) is 2.67. The van der Waals surface area contributed by atoms with Gasteiger partial charge in [-0.3, -0.25) is 4.79 Å². The molecule has 0 aromatic rings. The standard InChI is InChI=1S/C13H27NO/c1-3-5-6-7-8-9-10-11-12-14-13(15)4-2/h3-12H2,1-2H3,(H,14,15). The van der Waals surface area contributed by atoms with Crippen molar-refractivity contribution in [2.45, 2.75) is 71.6 Å². The predicted molar refractivity (Wildman–Crippen MR) is 65.9 cm³/mol. The van der Waals surface area contributed by atoms with Crippen molar-refractivity contribution in [3.8, 4) is 0 Å². The number of carbonyl (C=O) groups excluding carboxylic acids is 1. The van der Waals surface area contributed by atoms with Crippen LogP contribution in [0, 0.1) is 0 Å². The maximum Gasteiger partial charge on any atom is 0.219 e. The minimum atomic E-state index is 0.179. The Labute approximate surface area is 94.8 Å². The molecule has 0 spiro atoms. The third kappa shape index (κ3) is 11.4. The van der Waals surface area contributed by atoms with Gasteiger partial charge in [-0.15, -0.1) is 0 Å². The van der Waals surface area contributed by atoms with Crippen LogP contribution in [0.15, 0.2) is 0 Å². The molecule has 1 N–H and O–H groups in total. The highest BCUT2D eigenvalue weighted by Gasteiger charge is 1.95. The van der Waals surface area contributed by atoms with Crippen molar-refractivity contribution >= 4 is 5.91 Å². The van der Waals surface area contributed by atoms with Crippen LogP contribution in [0.25, 0.3) is 0 Å². The number of rotatable bonds is 10. The normalized spacial score (nSPS) is 10.3. The van der Waals surface area contributed by atoms with Crippen LogP contribution in [-0.4, -0.2) is 12.5 Å². The lowest BCUT2D eigenvalue weighted by Gasteiger charge is -2.03. The van der Waals surface area contributed by atoms with Gasteiger partial charge in [0.05, 0.1) is 0 Å². The van der Waals surface area contributed by atoms with E-state index in [1.54, 1.807) is 0 Å². The van der Waals surface area contributed by atoms with Crippen LogP contribution in [0.3, 0.4) is 0 Å². The van der Waals surface area contributed by atoms with Crippen molar-refractivity contribution in [1.29, 1.82) is 0 Å². The largest absolute Gasteiger partial charge is 0.356 e. The van der Waals surface area contributed by atoms with Crippen molar-refractivity contribution < 1.29 is 4.79 Å². The Hall–Kier alpha value is -0.530. The molecule has 2 nitrogen and oxygen atoms in total. The zero-order chi connectivity index (χ0) is 11.4. The molecule has 0 aliphatic carbocycles. The summed E-state index contributed by atoms with van der Waals surface area (Å²) in [6.07, 6.45) is 11.2. The topological polar surface area (TPSA) is 29.1 Å². The first-order valence-electron chi connectivity index (χ1n) is 6.58. The average molecular weight is 213 g/mol. The van der Waals surface area contributed by atoms with Crippen molar-refractivity contribution in [2.24, 2.45) is 0 Å². The number of hydrogen-bond donors (Lipinski definition) is 1. The fourth-order valence-electron chi connectivity index (χ4n) is 1.61. The summed E-state index contributed by atoms with van der Waals surface area (Å²) in [4.78, 5) is 10.9. The van der Waals surface area contributed by atoms with E-state index in [1.165, 1.54) is 44.9 Å². The summed E-state index contributed by atoms with van der Waals surface area (Å²) < 4.78 is 0. The van der Waals surface area contributed by atoms with E-state index in [-0.39, 0.29) is 5.91 Å². The zero-order valence-corrected chi connectivity index (χ0v) is 10.5. The number of unbranched alkanes of at least 4 members (excludes halogenated alkanes) is 7. The second-order valence-electron chi connectivity index (χ2n) is 4.18. The van der Waals surface area contributed by atoms with Gasteiger partial charge in [0.25, 0.3) is 0 Å². The monoisotopic (exact) mass is 213 g/mol. The number of carbonyl (C=O) groups is 1. The van der Waals surface area contributed by atoms with Crippen LogP contribution >= 0.6 is 0 Å². The molecule has 0 aromatic heterocycles. The van der Waals surface area contributed by atoms with Crippen LogP contribution in [-0.2, 0) is 4.79 Å². The van der Waals surface area contributed by atoms with E-state index in [9.17, 15) is 4.79 Å². The van der Waals surface area contributed by atoms with E-state index in [4.69, 9.17) is 0 Å². The summed E-state index contributed by atoms with van der Waals surface area (Å²) >= 11 is 0. The molecular weight excluding hydrogens is 186 g/mol. The molecular formula is C13H27NO. The minimum Gasteiger partial charge on any atom is -0.356 e. The second-order valence-corrected chi connectivity index (χ2v) is 4.18. The van der Waals surface area contributed by atoms with Crippen LogP contribution in [0.2, 0.25) is 0 Å². The summed E-state index contributed by atoms with van der Waals surface area (Å²) in [6.45, 7) is 5.00. The van der Waals surface area contributed by atoms with Gasteiger partial charge in [-0.2, -0.15) is 0 Å². The van der Waals surface area contributed by atoms with Crippen LogP contribution in [0.4, 0.5) is 0 Å². The maximum absolute atomic E-state index is 10.9. The summed E-state index contributed by atoms with van der Waals surface area (Å²) in [7, 11) is 0. The zero-order valence-electron chi connectivity index (χ0n) is 10.5. The van der Waals surface area contributed by atoms with Gasteiger partial charge in [-0.05, 0) is 6.42 Å². The maximum atomic E-state index is 10.9. The molecule has 90 valence electrons. The Balaban J connectivity index is 2.95. The Morgan fingerprint density at radius 1 is 0.867 bits per heavy atom. The van der Waals surface area contributed by atoms with Crippen molar-refractivity contribution in [2.75, 3.05) is 6.54 Å². The summed E-state index contributed by atoms with van der Waals surface area (Å²) in [5.74, 6) is 0.179. The van der Waals surface area contributed by atoms with E-state index in [2.05, 4.69) is 12.2 Å². The quantitative estimate of drug-likeness (QED) is 0.551. The van der Waals surface area contributed by atoms with Gasteiger partial charge in [-0.25, -0.2) is 0 Å². The van der Waals surface area contributed by atoms with Crippen molar-refractivity contribution in [3.05, 3.63) is 0 Å². The van der Waals surface area contributed by atoms with Gasteiger partial charge < -0.3 is 5.32 Å². The average Bonchev–Trinajstić information content (AvgIpc) is 2.26. The first-order chi connectivity index (χ1) is 7.31. The highest BCUT2D eigenvalue weighted by molar-refractivity contribution is 5.75. The molecule has 0 heterocycles. The van der Waals surface area contributed by atoms with Gasteiger partial charge in [0.15, 0.2) is 0 Å². The molecule has 0 aromatic carbocycles. The highest BCUT2D eigenvalue weighted by atomic mass is 16.1. The van der Waals surface area contributed by atoms with E-state index in [1.807, 2.05) is 6.92 Å². The summed E-state index contributed by atoms with van der Waals surface area (Å²) in [6, 6.07) is 0. The molecule has 0 unspecified atom stereocenters. The predicted octanol–water partition coefficient (Wildman–Crippen LogP) is 3.65. The Bertz CT molecular complexity index is 145. The van der Waals surface area contributed by atoms with E-state index < -0.39 is 0 Å². The molecule has 0 rings (SSSR count). The first-order valence-corrected chi connectivity index (χ1v) is 6.58. The lowest BCUT2D eigenvalue weighted by Crippen LogP contribution is -2.23. The Kier molecular flexibility index (Phi) is 11.1. The number of nitrogens with one attached hydrogen (secondary N) is 1. The van der Waals surface area contributed by atoms with Gasteiger partial charge >= 0.3 is 0 Å². The lowest BCUT2D eigenvalue weighted by atomic mass is 10.1. The third-order valence-corrected chi connectivity index (χ3v) is 2.67. The van der Waals surface area contributed by atoms with Gasteiger partial charge in [0.1, 0.15) is 0 Å². The highest BCUT2D eigenvalue weighted by Crippen LogP contribution is 2.07. The Morgan fingerprint density at radius 3 is 1.93 bits per heavy atom. The molecule has 0 fully saturated rings. The van der Waals surface area contributed by atoms with E-state index in [0.29, 0.717) is 6.42 Å². The number of hydrogen-bond acceptors (Lipinski definition) is 1. The Morgan fingerprint density at radius 2 is 1.40 bits per heavy atom. The van der Waals surface area contributed by atoms with Crippen LogP contribution < -0.4 is 5.32 Å². The smallest absolute Gasteiger partial charge is 0.219 e. The molecule has 0 bridgehead atoms. The lowest BCUT2D eigenvalue weighted by molar-refractivity contribution is -0.120. The molecule has 15 heavy (non-hydrogen) atoms. The van der Waals surface area contributed by atoms with Crippen LogP contribution in [0.5, 0.6) is 0 Å². The molecule has 0 atom stereocenters. The molecule has 0 saturated heterocycles. The van der Waals surface area contributed by atoms with Crippen LogP contribution in [0.1, 0.15) is 71.6 Å². The van der Waals surface area contributed by atoms with E-state index >= 15 is 0 Å². The molecule has 0 saturated carbocycles. The molecule has 0 radical (unpaired) electrons.